The molecule has 2 atom stereocenters. The molecule has 1 rings (SSSR count). The Balaban J connectivity index is 2.78. The van der Waals surface area contributed by atoms with Gasteiger partial charge in [-0.3, -0.25) is 4.79 Å². The van der Waals surface area contributed by atoms with Crippen LogP contribution < -0.4 is 5.32 Å². The van der Waals surface area contributed by atoms with Gasteiger partial charge < -0.3 is 15.5 Å². The van der Waals surface area contributed by atoms with E-state index in [4.69, 9.17) is 5.26 Å². The SMILES string of the molecule is CC(=O)NCC(O)C(O)c1ccc(C#N)c(F)c1. The molecule has 1 aromatic rings. The lowest BCUT2D eigenvalue weighted by Gasteiger charge is -2.18. The third-order valence-corrected chi connectivity index (χ3v) is 2.38. The first-order valence-electron chi connectivity index (χ1n) is 5.25. The van der Waals surface area contributed by atoms with Gasteiger partial charge in [-0.25, -0.2) is 4.39 Å². The molecule has 0 spiro atoms. The summed E-state index contributed by atoms with van der Waals surface area (Å²) >= 11 is 0. The van der Waals surface area contributed by atoms with Crippen molar-refractivity contribution in [2.45, 2.75) is 19.1 Å². The summed E-state index contributed by atoms with van der Waals surface area (Å²) in [4.78, 5) is 10.6. The molecular formula is C12H13FN2O3. The number of rotatable bonds is 4. The largest absolute Gasteiger partial charge is 0.388 e. The zero-order valence-electron chi connectivity index (χ0n) is 9.72. The van der Waals surface area contributed by atoms with E-state index < -0.39 is 18.0 Å². The van der Waals surface area contributed by atoms with Gasteiger partial charge in [0.25, 0.3) is 0 Å². The maximum atomic E-state index is 13.3. The molecule has 0 saturated carbocycles. The standard InChI is InChI=1S/C12H13FN2O3/c1-7(16)15-6-11(17)12(18)8-2-3-9(5-14)10(13)4-8/h2-4,11-12,17-18H,6H2,1H3,(H,15,16). The normalized spacial score (nSPS) is 13.5. The van der Waals surface area contributed by atoms with Gasteiger partial charge >= 0.3 is 0 Å². The molecule has 2 unspecified atom stereocenters. The summed E-state index contributed by atoms with van der Waals surface area (Å²) < 4.78 is 13.3. The van der Waals surface area contributed by atoms with Gasteiger partial charge in [-0.15, -0.1) is 0 Å². The number of aliphatic hydroxyl groups excluding tert-OH is 2. The predicted molar refractivity (Wildman–Crippen MR) is 60.8 cm³/mol. The summed E-state index contributed by atoms with van der Waals surface area (Å²) in [6, 6.07) is 5.21. The number of halogens is 1. The summed E-state index contributed by atoms with van der Waals surface area (Å²) in [7, 11) is 0. The van der Waals surface area contributed by atoms with E-state index in [1.165, 1.54) is 19.1 Å². The van der Waals surface area contributed by atoms with Gasteiger partial charge in [-0.05, 0) is 17.7 Å². The average molecular weight is 252 g/mol. The Morgan fingerprint density at radius 1 is 1.56 bits per heavy atom. The highest BCUT2D eigenvalue weighted by molar-refractivity contribution is 5.72. The maximum Gasteiger partial charge on any atom is 0.216 e. The Morgan fingerprint density at radius 3 is 2.72 bits per heavy atom. The highest BCUT2D eigenvalue weighted by atomic mass is 19.1. The van der Waals surface area contributed by atoms with E-state index in [1.807, 2.05) is 0 Å². The highest BCUT2D eigenvalue weighted by Gasteiger charge is 2.19. The molecule has 18 heavy (non-hydrogen) atoms. The zero-order valence-corrected chi connectivity index (χ0v) is 9.72. The number of aliphatic hydroxyl groups is 2. The van der Waals surface area contributed by atoms with Gasteiger partial charge in [-0.2, -0.15) is 5.26 Å². The Hall–Kier alpha value is -1.97. The number of nitrogens with zero attached hydrogens (tertiary/aromatic N) is 1. The van der Waals surface area contributed by atoms with Gasteiger partial charge in [0.1, 0.15) is 24.1 Å². The van der Waals surface area contributed by atoms with Crippen LogP contribution in [0, 0.1) is 17.1 Å². The van der Waals surface area contributed by atoms with Crippen LogP contribution in [0.2, 0.25) is 0 Å². The van der Waals surface area contributed by atoms with Crippen molar-refractivity contribution >= 4 is 5.91 Å². The van der Waals surface area contributed by atoms with Crippen molar-refractivity contribution in [2.24, 2.45) is 0 Å². The van der Waals surface area contributed by atoms with Gasteiger partial charge in [0.2, 0.25) is 5.91 Å². The van der Waals surface area contributed by atoms with Crippen LogP contribution in [0.15, 0.2) is 18.2 Å². The lowest BCUT2D eigenvalue weighted by Crippen LogP contribution is -2.34. The fraction of sp³-hybridized carbons (Fsp3) is 0.333. The first-order chi connectivity index (χ1) is 8.45. The molecule has 0 aliphatic rings. The molecule has 0 bridgehead atoms. The van der Waals surface area contributed by atoms with Crippen LogP contribution in [0.4, 0.5) is 4.39 Å². The second-order valence-corrected chi connectivity index (χ2v) is 3.80. The summed E-state index contributed by atoms with van der Waals surface area (Å²) in [5, 5.41) is 30.2. The number of nitrogens with one attached hydrogen (secondary N) is 1. The summed E-state index contributed by atoms with van der Waals surface area (Å²) in [6.45, 7) is 1.14. The number of amides is 1. The summed E-state index contributed by atoms with van der Waals surface area (Å²) in [6.07, 6.45) is -2.58. The molecule has 0 heterocycles. The van der Waals surface area contributed by atoms with Gasteiger partial charge in [0, 0.05) is 13.5 Å². The molecule has 96 valence electrons. The molecule has 5 nitrogen and oxygen atoms in total. The Bertz CT molecular complexity index is 485. The number of hydrogen-bond acceptors (Lipinski definition) is 4. The first-order valence-corrected chi connectivity index (χ1v) is 5.25. The van der Waals surface area contributed by atoms with Crippen molar-refractivity contribution in [1.29, 1.82) is 5.26 Å². The van der Waals surface area contributed by atoms with E-state index in [0.717, 1.165) is 6.07 Å². The molecule has 3 N–H and O–H groups in total. The topological polar surface area (TPSA) is 93.3 Å². The number of carbonyl (C=O) groups excluding carboxylic acids is 1. The van der Waals surface area contributed by atoms with Crippen molar-refractivity contribution in [3.05, 3.63) is 35.1 Å². The van der Waals surface area contributed by atoms with Crippen molar-refractivity contribution in [1.82, 2.24) is 5.32 Å². The van der Waals surface area contributed by atoms with Crippen molar-refractivity contribution in [3.63, 3.8) is 0 Å². The molecule has 0 aliphatic carbocycles. The molecule has 0 saturated heterocycles. The van der Waals surface area contributed by atoms with Crippen LogP contribution in [0.1, 0.15) is 24.2 Å². The first kappa shape index (κ1) is 14.1. The molecule has 0 fully saturated rings. The molecular weight excluding hydrogens is 239 g/mol. The quantitative estimate of drug-likeness (QED) is 0.715. The number of hydrogen-bond donors (Lipinski definition) is 3. The van der Waals surface area contributed by atoms with Crippen LogP contribution in [0.25, 0.3) is 0 Å². The molecule has 1 amide bonds. The summed E-state index contributed by atoms with van der Waals surface area (Å²) in [5.74, 6) is -1.10. The molecule has 0 radical (unpaired) electrons. The molecule has 0 aliphatic heterocycles. The number of carbonyl (C=O) groups is 1. The minimum Gasteiger partial charge on any atom is -0.388 e. The summed E-state index contributed by atoms with van der Waals surface area (Å²) in [5.41, 5.74) is 0.00616. The van der Waals surface area contributed by atoms with Gasteiger partial charge in [0.05, 0.1) is 5.56 Å². The maximum absolute atomic E-state index is 13.3. The average Bonchev–Trinajstić information content (AvgIpc) is 2.34. The predicted octanol–water partition coefficient (Wildman–Crippen LogP) is 0.228. The van der Waals surface area contributed by atoms with Crippen molar-refractivity contribution < 1.29 is 19.4 Å². The third kappa shape index (κ3) is 3.52. The lowest BCUT2D eigenvalue weighted by molar-refractivity contribution is -0.119. The Kier molecular flexibility index (Phi) is 4.77. The minimum atomic E-state index is -1.33. The molecule has 0 aromatic heterocycles. The second-order valence-electron chi connectivity index (χ2n) is 3.80. The van der Waals surface area contributed by atoms with Crippen LogP contribution in [0.3, 0.4) is 0 Å². The molecule has 1 aromatic carbocycles. The van der Waals surface area contributed by atoms with Crippen LogP contribution in [0.5, 0.6) is 0 Å². The van der Waals surface area contributed by atoms with Gasteiger partial charge in [0.15, 0.2) is 0 Å². The minimum absolute atomic E-state index is 0.137. The van der Waals surface area contributed by atoms with E-state index in [-0.39, 0.29) is 23.6 Å². The Labute approximate surface area is 103 Å². The van der Waals surface area contributed by atoms with Crippen LogP contribution in [-0.2, 0) is 4.79 Å². The fourth-order valence-electron chi connectivity index (χ4n) is 1.39. The van der Waals surface area contributed by atoms with Crippen molar-refractivity contribution in [2.75, 3.05) is 6.54 Å². The van der Waals surface area contributed by atoms with Gasteiger partial charge in [-0.1, -0.05) is 6.07 Å². The smallest absolute Gasteiger partial charge is 0.216 e. The van der Waals surface area contributed by atoms with E-state index in [9.17, 15) is 19.4 Å². The van der Waals surface area contributed by atoms with Crippen LogP contribution >= 0.6 is 0 Å². The second kappa shape index (κ2) is 6.10. The number of nitriles is 1. The third-order valence-electron chi connectivity index (χ3n) is 2.38. The highest BCUT2D eigenvalue weighted by Crippen LogP contribution is 2.19. The van der Waals surface area contributed by atoms with E-state index in [0.29, 0.717) is 0 Å². The zero-order chi connectivity index (χ0) is 13.7. The van der Waals surface area contributed by atoms with E-state index >= 15 is 0 Å². The Morgan fingerprint density at radius 2 is 2.22 bits per heavy atom. The van der Waals surface area contributed by atoms with Crippen LogP contribution in [-0.4, -0.2) is 28.8 Å². The van der Waals surface area contributed by atoms with E-state index in [2.05, 4.69) is 5.32 Å². The number of benzene rings is 1. The van der Waals surface area contributed by atoms with E-state index in [1.54, 1.807) is 6.07 Å². The monoisotopic (exact) mass is 252 g/mol. The lowest BCUT2D eigenvalue weighted by atomic mass is 10.0. The molecule has 6 heteroatoms. The van der Waals surface area contributed by atoms with Crippen molar-refractivity contribution in [3.8, 4) is 6.07 Å². The fourth-order valence-corrected chi connectivity index (χ4v) is 1.39.